The predicted octanol–water partition coefficient (Wildman–Crippen LogP) is 2.58. The van der Waals surface area contributed by atoms with E-state index in [-0.39, 0.29) is 11.1 Å². The molecule has 96 valence electrons. The lowest BCUT2D eigenvalue weighted by Crippen LogP contribution is -2.35. The van der Waals surface area contributed by atoms with Gasteiger partial charge in [0.25, 0.3) is 0 Å². The Morgan fingerprint density at radius 1 is 1.00 bits per heavy atom. The van der Waals surface area contributed by atoms with Gasteiger partial charge in [-0.3, -0.25) is 4.98 Å². The van der Waals surface area contributed by atoms with Crippen molar-refractivity contribution in [3.05, 3.63) is 18.1 Å². The van der Waals surface area contributed by atoms with Crippen molar-refractivity contribution in [2.75, 3.05) is 5.32 Å². The van der Waals surface area contributed by atoms with Gasteiger partial charge in [-0.05, 0) is 41.5 Å². The van der Waals surface area contributed by atoms with E-state index >= 15 is 0 Å². The lowest BCUT2D eigenvalue weighted by Gasteiger charge is -2.22. The molecule has 4 nitrogen and oxygen atoms in total. The summed E-state index contributed by atoms with van der Waals surface area (Å²) < 4.78 is 0. The van der Waals surface area contributed by atoms with Gasteiger partial charge in [0.2, 0.25) is 0 Å². The van der Waals surface area contributed by atoms with Gasteiger partial charge in [-0.1, -0.05) is 0 Å². The Hall–Kier alpha value is -1.16. The molecular weight excluding hydrogens is 212 g/mol. The van der Waals surface area contributed by atoms with Crippen LogP contribution in [0.1, 0.15) is 47.2 Å². The van der Waals surface area contributed by atoms with Crippen molar-refractivity contribution in [1.29, 1.82) is 0 Å². The Morgan fingerprint density at radius 3 is 2.18 bits per heavy atom. The molecule has 0 aromatic carbocycles. The molecule has 0 fully saturated rings. The molecule has 0 spiro atoms. The molecule has 17 heavy (non-hydrogen) atoms. The zero-order valence-corrected chi connectivity index (χ0v) is 11.8. The average Bonchev–Trinajstić information content (AvgIpc) is 2.11. The summed E-state index contributed by atoms with van der Waals surface area (Å²) in [4.78, 5) is 8.73. The molecule has 0 atom stereocenters. The summed E-state index contributed by atoms with van der Waals surface area (Å²) in [6.07, 6.45) is 3.55. The van der Waals surface area contributed by atoms with E-state index in [2.05, 4.69) is 62.1 Å². The maximum absolute atomic E-state index is 4.53. The lowest BCUT2D eigenvalue weighted by molar-refractivity contribution is 0.421. The molecule has 0 aliphatic rings. The van der Waals surface area contributed by atoms with E-state index < -0.39 is 0 Å². The van der Waals surface area contributed by atoms with Gasteiger partial charge in [0.1, 0.15) is 5.82 Å². The molecule has 1 rings (SSSR count). The fourth-order valence-electron chi connectivity index (χ4n) is 1.29. The minimum absolute atomic E-state index is 0.00472. The smallest absolute Gasteiger partial charge is 0.145 e. The summed E-state index contributed by atoms with van der Waals surface area (Å²) in [5.41, 5.74) is 1.05. The fraction of sp³-hybridized carbons (Fsp3) is 0.692. The van der Waals surface area contributed by atoms with E-state index in [0.29, 0.717) is 0 Å². The molecule has 0 radical (unpaired) electrons. The van der Waals surface area contributed by atoms with Gasteiger partial charge in [-0.2, -0.15) is 0 Å². The Balaban J connectivity index is 2.66. The minimum atomic E-state index is 0.00472. The second kappa shape index (κ2) is 5.00. The zero-order chi connectivity index (χ0) is 13.1. The molecule has 0 aliphatic carbocycles. The monoisotopic (exact) mass is 236 g/mol. The fourth-order valence-corrected chi connectivity index (χ4v) is 1.29. The molecule has 0 aliphatic heterocycles. The Bertz CT molecular complexity index is 360. The quantitative estimate of drug-likeness (QED) is 0.847. The highest BCUT2D eigenvalue weighted by molar-refractivity contribution is 5.34. The Kier molecular flexibility index (Phi) is 4.09. The highest BCUT2D eigenvalue weighted by Gasteiger charge is 2.12. The molecule has 1 aromatic rings. The summed E-state index contributed by atoms with van der Waals surface area (Å²) in [6, 6.07) is 0. The maximum atomic E-state index is 4.53. The first-order valence-electron chi connectivity index (χ1n) is 6.00. The van der Waals surface area contributed by atoms with Crippen LogP contribution in [0, 0.1) is 0 Å². The van der Waals surface area contributed by atoms with E-state index in [1.807, 2.05) is 0 Å². The van der Waals surface area contributed by atoms with Crippen LogP contribution in [0.15, 0.2) is 12.4 Å². The van der Waals surface area contributed by atoms with Crippen LogP contribution in [-0.2, 0) is 6.54 Å². The van der Waals surface area contributed by atoms with Crippen molar-refractivity contribution in [1.82, 2.24) is 15.3 Å². The van der Waals surface area contributed by atoms with Gasteiger partial charge >= 0.3 is 0 Å². The van der Waals surface area contributed by atoms with E-state index in [1.165, 1.54) is 0 Å². The SMILES string of the molecule is CC(C)(C)NCc1cncc(NC(C)(C)C)n1. The molecule has 0 unspecified atom stereocenters. The van der Waals surface area contributed by atoms with Crippen LogP contribution >= 0.6 is 0 Å². The highest BCUT2D eigenvalue weighted by atomic mass is 15.1. The minimum Gasteiger partial charge on any atom is -0.364 e. The molecule has 4 heteroatoms. The second-order valence-electron chi connectivity index (χ2n) is 6.37. The maximum Gasteiger partial charge on any atom is 0.145 e. The van der Waals surface area contributed by atoms with Crippen molar-refractivity contribution in [2.24, 2.45) is 0 Å². The molecule has 0 saturated heterocycles. The van der Waals surface area contributed by atoms with Gasteiger partial charge in [0.05, 0.1) is 11.9 Å². The third-order valence-electron chi connectivity index (χ3n) is 1.99. The molecule has 0 amide bonds. The molecule has 1 aromatic heterocycles. The van der Waals surface area contributed by atoms with Crippen molar-refractivity contribution in [2.45, 2.75) is 59.2 Å². The summed E-state index contributed by atoms with van der Waals surface area (Å²) in [6.45, 7) is 13.5. The molecule has 2 N–H and O–H groups in total. The van der Waals surface area contributed by atoms with E-state index in [4.69, 9.17) is 0 Å². The number of hydrogen-bond donors (Lipinski definition) is 2. The van der Waals surface area contributed by atoms with Crippen molar-refractivity contribution in [3.8, 4) is 0 Å². The summed E-state index contributed by atoms with van der Waals surface area (Å²) in [7, 11) is 0. The predicted molar refractivity (Wildman–Crippen MR) is 72.0 cm³/mol. The average molecular weight is 236 g/mol. The van der Waals surface area contributed by atoms with Gasteiger partial charge in [0, 0.05) is 23.8 Å². The van der Waals surface area contributed by atoms with Crippen LogP contribution in [0.2, 0.25) is 0 Å². The topological polar surface area (TPSA) is 49.8 Å². The summed E-state index contributed by atoms with van der Waals surface area (Å²) in [5.74, 6) is 0.825. The molecule has 1 heterocycles. The number of nitrogens with one attached hydrogen (secondary N) is 2. The van der Waals surface area contributed by atoms with Crippen LogP contribution in [-0.4, -0.2) is 21.0 Å². The van der Waals surface area contributed by atoms with Crippen molar-refractivity contribution < 1.29 is 0 Å². The largest absolute Gasteiger partial charge is 0.364 e. The van der Waals surface area contributed by atoms with Crippen LogP contribution in [0.5, 0.6) is 0 Å². The molecule has 0 saturated carbocycles. The number of rotatable bonds is 3. The molecule has 0 bridgehead atoms. The third kappa shape index (κ3) is 6.22. The first-order valence-corrected chi connectivity index (χ1v) is 6.00. The van der Waals surface area contributed by atoms with E-state index in [9.17, 15) is 0 Å². The summed E-state index contributed by atoms with van der Waals surface area (Å²) >= 11 is 0. The standard InChI is InChI=1S/C13H24N4/c1-12(2,3)15-8-10-7-14-9-11(16-10)17-13(4,5)6/h7,9,15H,8H2,1-6H3,(H,16,17). The second-order valence-corrected chi connectivity index (χ2v) is 6.37. The van der Waals surface area contributed by atoms with E-state index in [0.717, 1.165) is 18.1 Å². The van der Waals surface area contributed by atoms with E-state index in [1.54, 1.807) is 12.4 Å². The number of aromatic nitrogens is 2. The number of anilines is 1. The van der Waals surface area contributed by atoms with Crippen LogP contribution < -0.4 is 10.6 Å². The van der Waals surface area contributed by atoms with Gasteiger partial charge in [-0.25, -0.2) is 4.98 Å². The number of hydrogen-bond acceptors (Lipinski definition) is 4. The van der Waals surface area contributed by atoms with Gasteiger partial charge < -0.3 is 10.6 Å². The van der Waals surface area contributed by atoms with Crippen LogP contribution in [0.3, 0.4) is 0 Å². The molecular formula is C13H24N4. The van der Waals surface area contributed by atoms with Crippen LogP contribution in [0.25, 0.3) is 0 Å². The highest BCUT2D eigenvalue weighted by Crippen LogP contribution is 2.11. The van der Waals surface area contributed by atoms with Gasteiger partial charge in [0.15, 0.2) is 0 Å². The van der Waals surface area contributed by atoms with Crippen molar-refractivity contribution in [3.63, 3.8) is 0 Å². The number of nitrogens with zero attached hydrogens (tertiary/aromatic N) is 2. The lowest BCUT2D eigenvalue weighted by atomic mass is 10.1. The normalized spacial score (nSPS) is 12.6. The first-order chi connectivity index (χ1) is 7.66. The van der Waals surface area contributed by atoms with Crippen LogP contribution in [0.4, 0.5) is 5.82 Å². The third-order valence-corrected chi connectivity index (χ3v) is 1.99. The zero-order valence-electron chi connectivity index (χ0n) is 11.8. The summed E-state index contributed by atoms with van der Waals surface area (Å²) in [5, 5.41) is 6.72. The first kappa shape index (κ1) is 13.9. The Morgan fingerprint density at radius 2 is 1.65 bits per heavy atom. The Labute approximate surface area is 104 Å². The van der Waals surface area contributed by atoms with Gasteiger partial charge in [-0.15, -0.1) is 0 Å². The van der Waals surface area contributed by atoms with Crippen molar-refractivity contribution >= 4 is 5.82 Å².